The minimum Gasteiger partial charge on any atom is -0.468 e. The van der Waals surface area contributed by atoms with E-state index in [1.54, 1.807) is 0 Å². The molecule has 0 saturated carbocycles. The molecule has 0 saturated heterocycles. The van der Waals surface area contributed by atoms with Crippen LogP contribution in [-0.4, -0.2) is 13.1 Å². The number of hydrogen-bond donors (Lipinski definition) is 0. The molecule has 0 spiro atoms. The van der Waals surface area contributed by atoms with Gasteiger partial charge in [0, 0.05) is 0 Å². The van der Waals surface area contributed by atoms with Crippen LogP contribution in [0.2, 0.25) is 0 Å². The van der Waals surface area contributed by atoms with Gasteiger partial charge in [0.25, 0.3) is 0 Å². The molecule has 0 bridgehead atoms. The molecule has 0 amide bonds. The van der Waals surface area contributed by atoms with Crippen LogP contribution < -0.4 is 0 Å². The molecule has 0 fully saturated rings. The van der Waals surface area contributed by atoms with Gasteiger partial charge in [-0.1, -0.05) is 6.08 Å². The quantitative estimate of drug-likeness (QED) is 0.518. The average molecular weight is 143 g/mol. The van der Waals surface area contributed by atoms with E-state index in [1.807, 2.05) is 11.5 Å². The van der Waals surface area contributed by atoms with Gasteiger partial charge in [-0.05, 0) is 11.8 Å². The minimum atomic E-state index is -0.204. The Morgan fingerprint density at radius 3 is 3.11 bits per heavy atom. The molecule has 1 rings (SSSR count). The van der Waals surface area contributed by atoms with E-state index >= 15 is 0 Å². The molecule has 0 unspecified atom stereocenters. The second kappa shape index (κ2) is 2.92. The molecule has 0 atom stereocenters. The van der Waals surface area contributed by atoms with E-state index in [1.165, 1.54) is 18.9 Å². The topological polar surface area (TPSA) is 26.3 Å². The Labute approximate surface area is 58.3 Å². The van der Waals surface area contributed by atoms with Crippen LogP contribution in [0.5, 0.6) is 0 Å². The number of esters is 1. The Kier molecular flexibility index (Phi) is 2.16. The Hall–Kier alpha value is -0.440. The summed E-state index contributed by atoms with van der Waals surface area (Å²) < 4.78 is 4.50. The Balaban J connectivity index is 2.36. The molecule has 0 aromatic heterocycles. The number of thioether (sulfide) groups is 1. The molecule has 0 aromatic carbocycles. The third-order valence-corrected chi connectivity index (χ3v) is 1.97. The molecule has 1 heterocycles. The van der Waals surface area contributed by atoms with Crippen molar-refractivity contribution in [2.45, 2.75) is 6.42 Å². The first-order valence-corrected chi connectivity index (χ1v) is 3.48. The van der Waals surface area contributed by atoms with Gasteiger partial charge in [0.2, 0.25) is 0 Å². The fourth-order valence-electron chi connectivity index (χ4n) is 0.579. The molecular weight excluding hydrogens is 136 g/mol. The molecular formula is C6H7O2S. The van der Waals surface area contributed by atoms with Gasteiger partial charge in [-0.25, -0.2) is 0 Å². The second-order valence-corrected chi connectivity index (χ2v) is 2.61. The number of allylic oxidation sites excluding steroid dienone is 1. The summed E-state index contributed by atoms with van der Waals surface area (Å²) >= 11 is 1.44. The summed E-state index contributed by atoms with van der Waals surface area (Å²) in [5.74, 6) is -0.204. The lowest BCUT2D eigenvalue weighted by Gasteiger charge is -2.01. The third kappa shape index (κ3) is 1.48. The van der Waals surface area contributed by atoms with Gasteiger partial charge in [0.15, 0.2) is 0 Å². The summed E-state index contributed by atoms with van der Waals surface area (Å²) in [6.45, 7) is 0. The van der Waals surface area contributed by atoms with Crippen molar-refractivity contribution in [3.05, 3.63) is 16.7 Å². The van der Waals surface area contributed by atoms with E-state index in [0.29, 0.717) is 0 Å². The van der Waals surface area contributed by atoms with Crippen molar-refractivity contribution in [3.8, 4) is 0 Å². The smallest absolute Gasteiger partial charge is 0.324 e. The van der Waals surface area contributed by atoms with Crippen molar-refractivity contribution in [2.75, 3.05) is 7.11 Å². The highest BCUT2D eigenvalue weighted by molar-refractivity contribution is 8.05. The van der Waals surface area contributed by atoms with E-state index in [4.69, 9.17) is 0 Å². The maximum absolute atomic E-state index is 10.7. The molecule has 1 aliphatic rings. The van der Waals surface area contributed by atoms with Crippen LogP contribution in [0.1, 0.15) is 6.42 Å². The van der Waals surface area contributed by atoms with E-state index < -0.39 is 0 Å². The first kappa shape index (κ1) is 6.68. The lowest BCUT2D eigenvalue weighted by atomic mass is 10.3. The van der Waals surface area contributed by atoms with Crippen LogP contribution in [-0.2, 0) is 9.53 Å². The number of rotatable bonds is 1. The highest BCUT2D eigenvalue weighted by Crippen LogP contribution is 2.31. The maximum Gasteiger partial charge on any atom is 0.324 e. The highest BCUT2D eigenvalue weighted by atomic mass is 32.2. The van der Waals surface area contributed by atoms with Crippen molar-refractivity contribution >= 4 is 17.7 Å². The zero-order chi connectivity index (χ0) is 6.69. The van der Waals surface area contributed by atoms with E-state index in [2.05, 4.69) is 4.74 Å². The summed E-state index contributed by atoms with van der Waals surface area (Å²) in [5, 5.41) is 2.67. The van der Waals surface area contributed by atoms with E-state index in [0.717, 1.165) is 11.7 Å². The molecule has 1 aliphatic heterocycles. The van der Waals surface area contributed by atoms with Gasteiger partial charge in [0.1, 0.15) is 5.25 Å². The molecule has 0 N–H and O–H groups in total. The summed E-state index contributed by atoms with van der Waals surface area (Å²) in [6.07, 6.45) is 2.67. The van der Waals surface area contributed by atoms with Crippen molar-refractivity contribution in [1.82, 2.24) is 0 Å². The first-order chi connectivity index (χ1) is 4.34. The van der Waals surface area contributed by atoms with Crippen LogP contribution >= 0.6 is 11.8 Å². The third-order valence-electron chi connectivity index (χ3n) is 1.02. The number of methoxy groups -OCH3 is 1. The van der Waals surface area contributed by atoms with Crippen molar-refractivity contribution in [3.63, 3.8) is 0 Å². The van der Waals surface area contributed by atoms with Gasteiger partial charge < -0.3 is 4.74 Å². The number of carbonyl (C=O) groups is 1. The maximum atomic E-state index is 10.7. The molecule has 0 aliphatic carbocycles. The second-order valence-electron chi connectivity index (χ2n) is 1.61. The fraction of sp³-hybridized carbons (Fsp3) is 0.333. The first-order valence-electron chi connectivity index (χ1n) is 2.60. The standard InChI is InChI=1S/C6H7O2S/c1-8-6(7)5-3-2-4-9-5/h2,4H,3H2,1H3. The summed E-state index contributed by atoms with van der Waals surface area (Å²) in [6, 6.07) is 0. The molecule has 49 valence electrons. The van der Waals surface area contributed by atoms with Crippen molar-refractivity contribution in [1.29, 1.82) is 0 Å². The zero-order valence-electron chi connectivity index (χ0n) is 5.09. The SMILES string of the molecule is COC(=O)[C]1CC=CS1. The zero-order valence-corrected chi connectivity index (χ0v) is 5.90. The van der Waals surface area contributed by atoms with E-state index in [-0.39, 0.29) is 5.97 Å². The van der Waals surface area contributed by atoms with Gasteiger partial charge in [0.05, 0.1) is 7.11 Å². The van der Waals surface area contributed by atoms with Crippen LogP contribution in [0, 0.1) is 5.25 Å². The van der Waals surface area contributed by atoms with Crippen LogP contribution in [0.3, 0.4) is 0 Å². The lowest BCUT2D eigenvalue weighted by Crippen LogP contribution is -2.06. The van der Waals surface area contributed by atoms with Gasteiger partial charge in [-0.3, -0.25) is 4.79 Å². The minimum absolute atomic E-state index is 0.204. The molecule has 9 heavy (non-hydrogen) atoms. The van der Waals surface area contributed by atoms with Crippen LogP contribution in [0.25, 0.3) is 0 Å². The average Bonchev–Trinajstić information content (AvgIpc) is 2.37. The summed E-state index contributed by atoms with van der Waals surface area (Å²) in [5.41, 5.74) is 0. The number of ether oxygens (including phenoxy) is 1. The largest absolute Gasteiger partial charge is 0.468 e. The molecule has 1 radical (unpaired) electrons. The Morgan fingerprint density at radius 1 is 1.89 bits per heavy atom. The lowest BCUT2D eigenvalue weighted by molar-refractivity contribution is -0.137. The summed E-state index contributed by atoms with van der Waals surface area (Å²) in [7, 11) is 1.40. The van der Waals surface area contributed by atoms with Gasteiger partial charge in [-0.15, -0.1) is 11.8 Å². The molecule has 2 nitrogen and oxygen atoms in total. The fourth-order valence-corrected chi connectivity index (χ4v) is 1.31. The predicted octanol–water partition coefficient (Wildman–Crippen LogP) is 1.34. The Morgan fingerprint density at radius 2 is 2.67 bits per heavy atom. The van der Waals surface area contributed by atoms with Gasteiger partial charge in [-0.2, -0.15) is 0 Å². The van der Waals surface area contributed by atoms with Crippen molar-refractivity contribution < 1.29 is 9.53 Å². The highest BCUT2D eigenvalue weighted by Gasteiger charge is 2.21. The van der Waals surface area contributed by atoms with Crippen LogP contribution in [0.4, 0.5) is 0 Å². The van der Waals surface area contributed by atoms with Crippen molar-refractivity contribution in [2.24, 2.45) is 0 Å². The summed E-state index contributed by atoms with van der Waals surface area (Å²) in [4.78, 5) is 10.7. The van der Waals surface area contributed by atoms with Gasteiger partial charge >= 0.3 is 5.97 Å². The monoisotopic (exact) mass is 143 g/mol. The molecule has 0 aromatic rings. The normalized spacial score (nSPS) is 18.3. The van der Waals surface area contributed by atoms with Crippen LogP contribution in [0.15, 0.2) is 11.5 Å². The molecule has 3 heteroatoms. The predicted molar refractivity (Wildman–Crippen MR) is 36.6 cm³/mol. The number of carbonyl (C=O) groups excluding carboxylic acids is 1. The number of hydrogen-bond acceptors (Lipinski definition) is 3. The van der Waals surface area contributed by atoms with E-state index in [9.17, 15) is 4.79 Å². The Bertz CT molecular complexity index is 134.